The maximum Gasteiger partial charge on any atom is 0.411 e. The van der Waals surface area contributed by atoms with Gasteiger partial charge in [0, 0.05) is 0 Å². The number of hydrogen-bond donors (Lipinski definition) is 0. The minimum Gasteiger partial charge on any atom is -0.445 e. The fourth-order valence-corrected chi connectivity index (χ4v) is 2.00. The van der Waals surface area contributed by atoms with E-state index in [4.69, 9.17) is 4.74 Å². The molecule has 1 aromatic rings. The molecule has 17 heavy (non-hydrogen) atoms. The van der Waals surface area contributed by atoms with Gasteiger partial charge in [0.25, 0.3) is 0 Å². The lowest BCUT2D eigenvalue weighted by molar-refractivity contribution is 0.0867. The first kappa shape index (κ1) is 11.7. The second-order valence-electron chi connectivity index (χ2n) is 4.31. The summed E-state index contributed by atoms with van der Waals surface area (Å²) in [5, 5.41) is 0. The number of amides is 1. The monoisotopic (exact) mass is 231 g/mol. The third-order valence-corrected chi connectivity index (χ3v) is 2.96. The fourth-order valence-electron chi connectivity index (χ4n) is 2.00. The Hall–Kier alpha value is -1.77. The zero-order valence-electron chi connectivity index (χ0n) is 10.2. The van der Waals surface area contributed by atoms with Crippen LogP contribution in [0.4, 0.5) is 4.79 Å². The van der Waals surface area contributed by atoms with Crippen LogP contribution >= 0.6 is 0 Å². The topological polar surface area (TPSA) is 29.5 Å². The normalized spacial score (nSPS) is 22.8. The molecule has 1 aliphatic heterocycles. The van der Waals surface area contributed by atoms with E-state index in [9.17, 15) is 4.79 Å². The Kier molecular flexibility index (Phi) is 3.47. The van der Waals surface area contributed by atoms with Crippen molar-refractivity contribution in [3.63, 3.8) is 0 Å². The molecule has 1 amide bonds. The molecule has 2 atom stereocenters. The van der Waals surface area contributed by atoms with E-state index in [1.807, 2.05) is 56.3 Å². The van der Waals surface area contributed by atoms with Crippen LogP contribution in [0, 0.1) is 0 Å². The zero-order valence-corrected chi connectivity index (χ0v) is 10.2. The molecule has 0 aromatic heterocycles. The summed E-state index contributed by atoms with van der Waals surface area (Å²) in [5.74, 6) is 0. The molecule has 90 valence electrons. The van der Waals surface area contributed by atoms with Crippen molar-refractivity contribution in [2.24, 2.45) is 0 Å². The number of carbonyl (C=O) groups is 1. The molecule has 0 saturated heterocycles. The first-order chi connectivity index (χ1) is 8.18. The van der Waals surface area contributed by atoms with E-state index < -0.39 is 0 Å². The number of ether oxygens (including phenoxy) is 1. The van der Waals surface area contributed by atoms with Gasteiger partial charge in [-0.2, -0.15) is 0 Å². The number of carbonyl (C=O) groups excluding carboxylic acids is 1. The predicted octanol–water partition coefficient (Wildman–Crippen LogP) is 2.97. The van der Waals surface area contributed by atoms with Gasteiger partial charge in [0.05, 0.1) is 12.1 Å². The van der Waals surface area contributed by atoms with Crippen molar-refractivity contribution in [3.05, 3.63) is 48.0 Å². The van der Waals surface area contributed by atoms with Gasteiger partial charge < -0.3 is 4.74 Å². The molecule has 1 aliphatic rings. The lowest BCUT2D eigenvalue weighted by atomic mass is 10.2. The molecule has 0 radical (unpaired) electrons. The number of nitrogens with zero attached hydrogens (tertiary/aromatic N) is 1. The highest BCUT2D eigenvalue weighted by Crippen LogP contribution is 2.17. The molecule has 0 spiro atoms. The van der Waals surface area contributed by atoms with E-state index in [2.05, 4.69) is 0 Å². The molecule has 0 N–H and O–H groups in total. The van der Waals surface area contributed by atoms with Crippen molar-refractivity contribution in [3.8, 4) is 0 Å². The molecule has 2 rings (SSSR count). The van der Waals surface area contributed by atoms with Gasteiger partial charge in [0.15, 0.2) is 0 Å². The smallest absolute Gasteiger partial charge is 0.411 e. The van der Waals surface area contributed by atoms with E-state index in [0.29, 0.717) is 6.61 Å². The molecule has 1 aromatic carbocycles. The van der Waals surface area contributed by atoms with Gasteiger partial charge in [-0.1, -0.05) is 42.5 Å². The Labute approximate surface area is 102 Å². The Morgan fingerprint density at radius 2 is 1.76 bits per heavy atom. The molecular weight excluding hydrogens is 214 g/mol. The van der Waals surface area contributed by atoms with E-state index in [1.54, 1.807) is 4.90 Å². The van der Waals surface area contributed by atoms with Gasteiger partial charge in [-0.3, -0.25) is 4.90 Å². The average molecular weight is 231 g/mol. The van der Waals surface area contributed by atoms with Gasteiger partial charge in [0.2, 0.25) is 0 Å². The molecule has 3 heteroatoms. The summed E-state index contributed by atoms with van der Waals surface area (Å²) >= 11 is 0. The Balaban J connectivity index is 1.90. The summed E-state index contributed by atoms with van der Waals surface area (Å²) in [7, 11) is 0. The maximum absolute atomic E-state index is 11.9. The summed E-state index contributed by atoms with van der Waals surface area (Å²) in [6.07, 6.45) is 3.79. The molecule has 3 nitrogen and oxygen atoms in total. The molecule has 0 fully saturated rings. The summed E-state index contributed by atoms with van der Waals surface area (Å²) in [5.41, 5.74) is 1.01. The third-order valence-electron chi connectivity index (χ3n) is 2.96. The Bertz CT molecular complexity index is 401. The summed E-state index contributed by atoms with van der Waals surface area (Å²) in [6.45, 7) is 4.31. The highest BCUT2D eigenvalue weighted by molar-refractivity contribution is 5.69. The van der Waals surface area contributed by atoms with E-state index >= 15 is 0 Å². The minimum absolute atomic E-state index is 0.119. The van der Waals surface area contributed by atoms with Crippen molar-refractivity contribution in [1.82, 2.24) is 4.90 Å². The highest BCUT2D eigenvalue weighted by Gasteiger charge is 2.28. The minimum atomic E-state index is -0.251. The van der Waals surface area contributed by atoms with Gasteiger partial charge in [-0.05, 0) is 19.4 Å². The van der Waals surface area contributed by atoms with E-state index in [0.717, 1.165) is 5.56 Å². The van der Waals surface area contributed by atoms with E-state index in [1.165, 1.54) is 0 Å². The van der Waals surface area contributed by atoms with Crippen LogP contribution in [0.3, 0.4) is 0 Å². The van der Waals surface area contributed by atoms with Crippen LogP contribution in [0.2, 0.25) is 0 Å². The van der Waals surface area contributed by atoms with Crippen LogP contribution < -0.4 is 0 Å². The standard InChI is InChI=1S/C14H17NO2/c1-11-8-9-12(2)15(11)14(16)17-10-13-6-4-3-5-7-13/h3-9,11-12H,10H2,1-2H3. The highest BCUT2D eigenvalue weighted by atomic mass is 16.6. The largest absolute Gasteiger partial charge is 0.445 e. The van der Waals surface area contributed by atoms with Crippen LogP contribution in [0.1, 0.15) is 19.4 Å². The molecular formula is C14H17NO2. The molecule has 1 heterocycles. The summed E-state index contributed by atoms with van der Waals surface area (Å²) in [4.78, 5) is 13.6. The number of hydrogen-bond acceptors (Lipinski definition) is 2. The Morgan fingerprint density at radius 1 is 1.18 bits per heavy atom. The van der Waals surface area contributed by atoms with Crippen LogP contribution in [0.15, 0.2) is 42.5 Å². The van der Waals surface area contributed by atoms with Crippen molar-refractivity contribution in [2.45, 2.75) is 32.5 Å². The van der Waals surface area contributed by atoms with Crippen molar-refractivity contribution < 1.29 is 9.53 Å². The van der Waals surface area contributed by atoms with Gasteiger partial charge in [-0.25, -0.2) is 4.79 Å². The number of rotatable bonds is 2. The predicted molar refractivity (Wildman–Crippen MR) is 66.5 cm³/mol. The fraction of sp³-hybridized carbons (Fsp3) is 0.357. The van der Waals surface area contributed by atoms with Crippen molar-refractivity contribution >= 4 is 6.09 Å². The molecule has 2 unspecified atom stereocenters. The Morgan fingerprint density at radius 3 is 2.35 bits per heavy atom. The average Bonchev–Trinajstić information content (AvgIpc) is 2.67. The SMILES string of the molecule is CC1C=CC(C)N1C(=O)OCc1ccccc1. The lowest BCUT2D eigenvalue weighted by Gasteiger charge is -2.25. The van der Waals surface area contributed by atoms with Crippen LogP contribution in [-0.2, 0) is 11.3 Å². The molecule has 0 bridgehead atoms. The molecule has 0 saturated carbocycles. The van der Waals surface area contributed by atoms with E-state index in [-0.39, 0.29) is 18.2 Å². The second kappa shape index (κ2) is 5.04. The van der Waals surface area contributed by atoms with Crippen LogP contribution in [0.25, 0.3) is 0 Å². The summed E-state index contributed by atoms with van der Waals surface area (Å²) < 4.78 is 5.30. The second-order valence-corrected chi connectivity index (χ2v) is 4.31. The lowest BCUT2D eigenvalue weighted by Crippen LogP contribution is -2.39. The first-order valence-electron chi connectivity index (χ1n) is 5.86. The number of benzene rings is 1. The van der Waals surface area contributed by atoms with Crippen LogP contribution in [0.5, 0.6) is 0 Å². The van der Waals surface area contributed by atoms with Gasteiger partial charge in [0.1, 0.15) is 6.61 Å². The zero-order chi connectivity index (χ0) is 12.3. The third kappa shape index (κ3) is 2.67. The van der Waals surface area contributed by atoms with Gasteiger partial charge >= 0.3 is 6.09 Å². The molecule has 0 aliphatic carbocycles. The van der Waals surface area contributed by atoms with Crippen molar-refractivity contribution in [2.75, 3.05) is 0 Å². The van der Waals surface area contributed by atoms with Crippen molar-refractivity contribution in [1.29, 1.82) is 0 Å². The summed E-state index contributed by atoms with van der Waals surface area (Å²) in [6, 6.07) is 9.95. The van der Waals surface area contributed by atoms with Crippen LogP contribution in [-0.4, -0.2) is 23.1 Å². The first-order valence-corrected chi connectivity index (χ1v) is 5.86. The quantitative estimate of drug-likeness (QED) is 0.732. The van der Waals surface area contributed by atoms with Gasteiger partial charge in [-0.15, -0.1) is 0 Å². The maximum atomic E-state index is 11.9.